The van der Waals surface area contributed by atoms with Gasteiger partial charge in [-0.25, -0.2) is 0 Å². The van der Waals surface area contributed by atoms with E-state index in [0.717, 1.165) is 12.8 Å². The molecule has 88 valence electrons. The maximum atomic E-state index is 11.5. The first kappa shape index (κ1) is 12.5. The molecule has 1 saturated carbocycles. The lowest BCUT2D eigenvalue weighted by atomic mass is 9.63. The minimum atomic E-state index is -0.664. The Hall–Kier alpha value is -0.570. The molecule has 3 heteroatoms. The minimum absolute atomic E-state index is 0.252. The van der Waals surface area contributed by atoms with Crippen LogP contribution in [0.25, 0.3) is 0 Å². The number of aliphatic hydroxyl groups is 1. The van der Waals surface area contributed by atoms with E-state index < -0.39 is 11.4 Å². The van der Waals surface area contributed by atoms with Crippen molar-refractivity contribution in [2.45, 2.75) is 58.5 Å². The maximum absolute atomic E-state index is 11.5. The SMILES string of the molecule is CCC(CC)C1(C(=O)O)CCC(O)CC1. The molecular formula is C12H22O3. The van der Waals surface area contributed by atoms with E-state index in [1.54, 1.807) is 0 Å². The second-order valence-electron chi connectivity index (χ2n) is 4.71. The van der Waals surface area contributed by atoms with Crippen LogP contribution in [0, 0.1) is 11.3 Å². The van der Waals surface area contributed by atoms with Crippen molar-refractivity contribution < 1.29 is 15.0 Å². The second kappa shape index (κ2) is 4.97. The fourth-order valence-electron chi connectivity index (χ4n) is 2.98. The van der Waals surface area contributed by atoms with Gasteiger partial charge in [0, 0.05) is 0 Å². The van der Waals surface area contributed by atoms with Crippen LogP contribution in [0.2, 0.25) is 0 Å². The lowest BCUT2D eigenvalue weighted by Gasteiger charge is -2.40. The van der Waals surface area contributed by atoms with E-state index >= 15 is 0 Å². The van der Waals surface area contributed by atoms with Crippen molar-refractivity contribution in [3.8, 4) is 0 Å². The Labute approximate surface area is 91.5 Å². The zero-order valence-corrected chi connectivity index (χ0v) is 9.70. The number of hydrogen-bond donors (Lipinski definition) is 2. The molecule has 0 aromatic rings. The predicted octanol–water partition coefficient (Wildman–Crippen LogP) is 2.43. The smallest absolute Gasteiger partial charge is 0.309 e. The number of aliphatic hydroxyl groups excluding tert-OH is 1. The fraction of sp³-hybridized carbons (Fsp3) is 0.917. The molecule has 0 bridgehead atoms. The van der Waals surface area contributed by atoms with Crippen LogP contribution in [-0.2, 0) is 4.79 Å². The highest BCUT2D eigenvalue weighted by atomic mass is 16.4. The average Bonchev–Trinajstić information content (AvgIpc) is 2.22. The molecule has 0 aromatic heterocycles. The van der Waals surface area contributed by atoms with Gasteiger partial charge >= 0.3 is 5.97 Å². The van der Waals surface area contributed by atoms with Gasteiger partial charge in [-0.3, -0.25) is 4.79 Å². The minimum Gasteiger partial charge on any atom is -0.481 e. The van der Waals surface area contributed by atoms with Gasteiger partial charge in [0.05, 0.1) is 11.5 Å². The summed E-state index contributed by atoms with van der Waals surface area (Å²) in [6.07, 6.45) is 4.10. The standard InChI is InChI=1S/C12H22O3/c1-3-9(4-2)12(11(14)15)7-5-10(13)6-8-12/h9-10,13H,3-8H2,1-2H3,(H,14,15). The quantitative estimate of drug-likeness (QED) is 0.755. The average molecular weight is 214 g/mol. The first-order valence-corrected chi connectivity index (χ1v) is 5.98. The number of hydrogen-bond acceptors (Lipinski definition) is 2. The molecule has 0 radical (unpaired) electrons. The first-order valence-electron chi connectivity index (χ1n) is 5.98. The summed E-state index contributed by atoms with van der Waals surface area (Å²) in [4.78, 5) is 11.5. The molecular weight excluding hydrogens is 192 g/mol. The van der Waals surface area contributed by atoms with Gasteiger partial charge < -0.3 is 10.2 Å². The summed E-state index contributed by atoms with van der Waals surface area (Å²) in [5.74, 6) is -0.411. The van der Waals surface area contributed by atoms with Gasteiger partial charge in [-0.15, -0.1) is 0 Å². The van der Waals surface area contributed by atoms with Crippen molar-refractivity contribution in [3.63, 3.8) is 0 Å². The van der Waals surface area contributed by atoms with Gasteiger partial charge in [0.25, 0.3) is 0 Å². The summed E-state index contributed by atoms with van der Waals surface area (Å²) in [5.41, 5.74) is -0.567. The molecule has 0 atom stereocenters. The van der Waals surface area contributed by atoms with E-state index in [1.165, 1.54) is 0 Å². The van der Waals surface area contributed by atoms with Crippen molar-refractivity contribution >= 4 is 5.97 Å². The molecule has 15 heavy (non-hydrogen) atoms. The topological polar surface area (TPSA) is 57.5 Å². The molecule has 0 amide bonds. The summed E-state index contributed by atoms with van der Waals surface area (Å²) in [6.45, 7) is 4.12. The van der Waals surface area contributed by atoms with Crippen LogP contribution in [0.3, 0.4) is 0 Å². The van der Waals surface area contributed by atoms with Crippen LogP contribution in [0.15, 0.2) is 0 Å². The van der Waals surface area contributed by atoms with Crippen LogP contribution in [-0.4, -0.2) is 22.3 Å². The van der Waals surface area contributed by atoms with E-state index in [9.17, 15) is 15.0 Å². The summed E-state index contributed by atoms with van der Waals surface area (Å²) >= 11 is 0. The zero-order valence-electron chi connectivity index (χ0n) is 9.70. The molecule has 1 fully saturated rings. The van der Waals surface area contributed by atoms with Crippen molar-refractivity contribution in [1.29, 1.82) is 0 Å². The van der Waals surface area contributed by atoms with Gasteiger partial charge in [0.2, 0.25) is 0 Å². The summed E-state index contributed by atoms with van der Waals surface area (Å²) in [7, 11) is 0. The van der Waals surface area contributed by atoms with Crippen molar-refractivity contribution in [3.05, 3.63) is 0 Å². The third kappa shape index (κ3) is 2.33. The van der Waals surface area contributed by atoms with Crippen molar-refractivity contribution in [2.24, 2.45) is 11.3 Å². The van der Waals surface area contributed by atoms with Crippen LogP contribution in [0.1, 0.15) is 52.4 Å². The van der Waals surface area contributed by atoms with Gasteiger partial charge in [-0.05, 0) is 31.6 Å². The molecule has 0 aromatic carbocycles. The molecule has 0 saturated heterocycles. The van der Waals surface area contributed by atoms with Crippen LogP contribution < -0.4 is 0 Å². The Bertz CT molecular complexity index is 213. The molecule has 0 heterocycles. The van der Waals surface area contributed by atoms with E-state index in [2.05, 4.69) is 13.8 Å². The summed E-state index contributed by atoms with van der Waals surface area (Å²) in [6, 6.07) is 0. The third-order valence-corrected chi connectivity index (χ3v) is 4.04. The van der Waals surface area contributed by atoms with Crippen LogP contribution >= 0.6 is 0 Å². The molecule has 1 rings (SSSR count). The normalized spacial score (nSPS) is 31.9. The number of carbonyl (C=O) groups is 1. The van der Waals surface area contributed by atoms with E-state index in [1.807, 2.05) is 0 Å². The zero-order chi connectivity index (χ0) is 11.5. The summed E-state index contributed by atoms with van der Waals surface area (Å²) in [5, 5.41) is 18.9. The van der Waals surface area contributed by atoms with Crippen LogP contribution in [0.5, 0.6) is 0 Å². The maximum Gasteiger partial charge on any atom is 0.309 e. The fourth-order valence-corrected chi connectivity index (χ4v) is 2.98. The van der Waals surface area contributed by atoms with Crippen molar-refractivity contribution in [2.75, 3.05) is 0 Å². The van der Waals surface area contributed by atoms with Gasteiger partial charge in [0.15, 0.2) is 0 Å². The number of carboxylic acid groups (broad SMARTS) is 1. The molecule has 3 nitrogen and oxygen atoms in total. The highest BCUT2D eigenvalue weighted by Crippen LogP contribution is 2.45. The van der Waals surface area contributed by atoms with E-state index in [4.69, 9.17) is 0 Å². The Kier molecular flexibility index (Phi) is 4.14. The van der Waals surface area contributed by atoms with Gasteiger partial charge in [-0.1, -0.05) is 26.7 Å². The Morgan fingerprint density at radius 1 is 1.33 bits per heavy atom. The number of aliphatic carboxylic acids is 1. The number of rotatable bonds is 4. The van der Waals surface area contributed by atoms with E-state index in [0.29, 0.717) is 25.7 Å². The molecule has 2 N–H and O–H groups in total. The first-order chi connectivity index (χ1) is 7.06. The highest BCUT2D eigenvalue weighted by Gasteiger charge is 2.46. The molecule has 0 spiro atoms. The lowest BCUT2D eigenvalue weighted by Crippen LogP contribution is -2.42. The van der Waals surface area contributed by atoms with Gasteiger partial charge in [0.1, 0.15) is 0 Å². The van der Waals surface area contributed by atoms with Crippen molar-refractivity contribution in [1.82, 2.24) is 0 Å². The molecule has 1 aliphatic carbocycles. The molecule has 0 unspecified atom stereocenters. The predicted molar refractivity (Wildman–Crippen MR) is 58.6 cm³/mol. The monoisotopic (exact) mass is 214 g/mol. The molecule has 0 aliphatic heterocycles. The van der Waals surface area contributed by atoms with E-state index in [-0.39, 0.29) is 12.0 Å². The van der Waals surface area contributed by atoms with Crippen LogP contribution in [0.4, 0.5) is 0 Å². The number of carboxylic acids is 1. The second-order valence-corrected chi connectivity index (χ2v) is 4.71. The Morgan fingerprint density at radius 2 is 1.80 bits per heavy atom. The Morgan fingerprint density at radius 3 is 2.13 bits per heavy atom. The van der Waals surface area contributed by atoms with Gasteiger partial charge in [-0.2, -0.15) is 0 Å². The molecule has 1 aliphatic rings. The Balaban J connectivity index is 2.83. The third-order valence-electron chi connectivity index (χ3n) is 4.04. The largest absolute Gasteiger partial charge is 0.481 e. The summed E-state index contributed by atoms with van der Waals surface area (Å²) < 4.78 is 0. The lowest BCUT2D eigenvalue weighted by molar-refractivity contribution is -0.157. The highest BCUT2D eigenvalue weighted by molar-refractivity contribution is 5.75.